The first-order chi connectivity index (χ1) is 13.7. The molecule has 0 amide bonds. The van der Waals surface area contributed by atoms with E-state index in [0.29, 0.717) is 21.9 Å². The number of hydrogen-bond donors (Lipinski definition) is 1. The predicted octanol–water partition coefficient (Wildman–Crippen LogP) is 4.37. The second-order valence-electron chi connectivity index (χ2n) is 6.47. The van der Waals surface area contributed by atoms with Gasteiger partial charge in [0.25, 0.3) is 0 Å². The number of nitrogens with one attached hydrogen (secondary N) is 1. The molecule has 0 aliphatic heterocycles. The van der Waals surface area contributed by atoms with Crippen molar-refractivity contribution in [1.29, 1.82) is 0 Å². The number of nitrogens with zero attached hydrogens (tertiary/aromatic N) is 1. The molecule has 0 spiro atoms. The van der Waals surface area contributed by atoms with Gasteiger partial charge >= 0.3 is 0 Å². The van der Waals surface area contributed by atoms with E-state index >= 15 is 0 Å². The van der Waals surface area contributed by atoms with Gasteiger partial charge in [-0.15, -0.1) is 0 Å². The minimum atomic E-state index is -3.33. The van der Waals surface area contributed by atoms with Crippen LogP contribution >= 0.6 is 11.6 Å². The minimum absolute atomic E-state index is 0.191. The molecule has 0 aliphatic carbocycles. The van der Waals surface area contributed by atoms with Gasteiger partial charge < -0.3 is 4.74 Å². The molecule has 0 radical (unpaired) electrons. The smallest absolute Gasteiger partial charge is 0.230 e. The quantitative estimate of drug-likeness (QED) is 0.562. The second-order valence-corrected chi connectivity index (χ2v) is 8.69. The van der Waals surface area contributed by atoms with Gasteiger partial charge in [-0.25, -0.2) is 18.1 Å². The number of halogens is 1. The van der Waals surface area contributed by atoms with Crippen molar-refractivity contribution >= 4 is 27.4 Å². The van der Waals surface area contributed by atoms with E-state index in [0.717, 1.165) is 11.8 Å². The summed E-state index contributed by atoms with van der Waals surface area (Å²) in [4.78, 5) is 17.1. The van der Waals surface area contributed by atoms with Crippen LogP contribution in [0.15, 0.2) is 66.9 Å². The van der Waals surface area contributed by atoms with Crippen molar-refractivity contribution in [3.05, 3.63) is 88.6 Å². The third-order valence-corrected chi connectivity index (χ3v) is 5.14. The molecule has 8 heteroatoms. The van der Waals surface area contributed by atoms with E-state index in [2.05, 4.69) is 9.71 Å². The highest BCUT2D eigenvalue weighted by molar-refractivity contribution is 7.88. The Kier molecular flexibility index (Phi) is 6.32. The van der Waals surface area contributed by atoms with Crippen molar-refractivity contribution in [2.75, 3.05) is 6.26 Å². The summed E-state index contributed by atoms with van der Waals surface area (Å²) in [6.45, 7) is 1.73. The van der Waals surface area contributed by atoms with Gasteiger partial charge in [0.1, 0.15) is 5.75 Å². The van der Waals surface area contributed by atoms with Crippen molar-refractivity contribution in [3.63, 3.8) is 0 Å². The molecule has 6 nitrogen and oxygen atoms in total. The Morgan fingerprint density at radius 1 is 1.07 bits per heavy atom. The Bertz CT molecular complexity index is 1110. The highest BCUT2D eigenvalue weighted by Crippen LogP contribution is 2.26. The van der Waals surface area contributed by atoms with Gasteiger partial charge in [0, 0.05) is 22.8 Å². The molecule has 1 heterocycles. The lowest BCUT2D eigenvalue weighted by molar-refractivity contribution is 0.103. The van der Waals surface area contributed by atoms with Gasteiger partial charge in [-0.05, 0) is 48.9 Å². The Morgan fingerprint density at radius 3 is 2.34 bits per heavy atom. The number of ketones is 1. The Morgan fingerprint density at radius 2 is 1.72 bits per heavy atom. The maximum Gasteiger partial charge on any atom is 0.230 e. The maximum absolute atomic E-state index is 13.0. The zero-order chi connectivity index (χ0) is 21.0. The van der Waals surface area contributed by atoms with Gasteiger partial charge in [0.05, 0.1) is 11.8 Å². The van der Waals surface area contributed by atoms with Gasteiger partial charge in [0.2, 0.25) is 15.9 Å². The molecule has 29 heavy (non-hydrogen) atoms. The number of carbonyl (C=O) groups is 1. The second kappa shape index (κ2) is 8.73. The highest BCUT2D eigenvalue weighted by atomic mass is 35.5. The largest absolute Gasteiger partial charge is 0.438 e. The zero-order valence-electron chi connectivity index (χ0n) is 15.8. The molecular formula is C21H19ClN2O4S. The van der Waals surface area contributed by atoms with Crippen molar-refractivity contribution in [3.8, 4) is 11.6 Å². The summed E-state index contributed by atoms with van der Waals surface area (Å²) in [5.74, 6) is 0.450. The first kappa shape index (κ1) is 21.0. The van der Waals surface area contributed by atoms with Crippen LogP contribution in [0.4, 0.5) is 0 Å². The average molecular weight is 431 g/mol. The number of ether oxygens (including phenoxy) is 1. The molecule has 0 aliphatic rings. The third-order valence-electron chi connectivity index (χ3n) is 4.11. The third kappa shape index (κ3) is 5.63. The number of aromatic nitrogens is 1. The molecule has 150 valence electrons. The molecule has 0 fully saturated rings. The van der Waals surface area contributed by atoms with Crippen LogP contribution in [-0.2, 0) is 10.0 Å². The van der Waals surface area contributed by atoms with Crippen LogP contribution in [0.1, 0.15) is 34.5 Å². The van der Waals surface area contributed by atoms with Crippen LogP contribution in [-0.4, -0.2) is 25.4 Å². The molecule has 0 bridgehead atoms. The molecule has 0 unspecified atom stereocenters. The van der Waals surface area contributed by atoms with Crippen LogP contribution in [0.5, 0.6) is 11.6 Å². The van der Waals surface area contributed by atoms with Crippen LogP contribution in [0.25, 0.3) is 0 Å². The molecule has 1 atom stereocenters. The zero-order valence-corrected chi connectivity index (χ0v) is 17.4. The van der Waals surface area contributed by atoms with E-state index in [4.69, 9.17) is 16.3 Å². The molecule has 3 aromatic rings. The Hall–Kier alpha value is -2.74. The summed E-state index contributed by atoms with van der Waals surface area (Å²) in [6.07, 6.45) is 2.65. The lowest BCUT2D eigenvalue weighted by Crippen LogP contribution is -2.25. The van der Waals surface area contributed by atoms with Crippen molar-refractivity contribution in [2.45, 2.75) is 13.0 Å². The average Bonchev–Trinajstić information content (AvgIpc) is 2.68. The van der Waals surface area contributed by atoms with Gasteiger partial charge in [0.15, 0.2) is 5.78 Å². The van der Waals surface area contributed by atoms with Gasteiger partial charge in [-0.2, -0.15) is 0 Å². The predicted molar refractivity (Wildman–Crippen MR) is 112 cm³/mol. The Balaban J connectivity index is 1.82. The highest BCUT2D eigenvalue weighted by Gasteiger charge is 2.17. The van der Waals surface area contributed by atoms with E-state index in [1.165, 1.54) is 0 Å². The monoisotopic (exact) mass is 430 g/mol. The fraction of sp³-hybridized carbons (Fsp3) is 0.143. The summed E-state index contributed by atoms with van der Waals surface area (Å²) in [5.41, 5.74) is 1.50. The normalized spacial score (nSPS) is 12.4. The van der Waals surface area contributed by atoms with Gasteiger partial charge in [-0.1, -0.05) is 35.9 Å². The first-order valence-corrected chi connectivity index (χ1v) is 11.0. The van der Waals surface area contributed by atoms with E-state index in [-0.39, 0.29) is 11.7 Å². The van der Waals surface area contributed by atoms with E-state index in [1.807, 2.05) is 0 Å². The number of rotatable bonds is 7. The molecule has 2 aromatic carbocycles. The van der Waals surface area contributed by atoms with Gasteiger partial charge in [-0.3, -0.25) is 4.79 Å². The van der Waals surface area contributed by atoms with Crippen molar-refractivity contribution in [2.24, 2.45) is 0 Å². The molecule has 1 N–H and O–H groups in total. The number of pyridine rings is 1. The summed E-state index contributed by atoms with van der Waals surface area (Å²) < 4.78 is 31.0. The SMILES string of the molecule is C[C@H](NS(C)(=O)=O)c1ccc(C(=O)c2cccnc2Oc2ccc(Cl)cc2)cc1. The standard InChI is InChI=1S/C21H19ClN2O4S/c1-14(24-29(2,26)27)15-5-7-16(8-6-15)20(25)19-4-3-13-23-21(19)28-18-11-9-17(22)10-12-18/h3-14,24H,1-2H3/t14-/m0/s1. The first-order valence-electron chi connectivity index (χ1n) is 8.73. The van der Waals surface area contributed by atoms with Crippen LogP contribution in [0.3, 0.4) is 0 Å². The summed E-state index contributed by atoms with van der Waals surface area (Å²) in [5, 5.41) is 0.578. The fourth-order valence-corrected chi connectivity index (χ4v) is 3.63. The van der Waals surface area contributed by atoms with E-state index in [1.54, 1.807) is 73.8 Å². The van der Waals surface area contributed by atoms with Crippen molar-refractivity contribution < 1.29 is 17.9 Å². The van der Waals surface area contributed by atoms with E-state index < -0.39 is 16.1 Å². The molecule has 0 saturated heterocycles. The molecule has 1 aromatic heterocycles. The summed E-state index contributed by atoms with van der Waals surface area (Å²) in [7, 11) is -3.33. The lowest BCUT2D eigenvalue weighted by atomic mass is 10.0. The van der Waals surface area contributed by atoms with E-state index in [9.17, 15) is 13.2 Å². The van der Waals surface area contributed by atoms with Crippen LogP contribution in [0, 0.1) is 0 Å². The molecule has 3 rings (SSSR count). The maximum atomic E-state index is 13.0. The number of benzene rings is 2. The topological polar surface area (TPSA) is 85.4 Å². The molecule has 0 saturated carbocycles. The lowest BCUT2D eigenvalue weighted by Gasteiger charge is -2.13. The fourth-order valence-electron chi connectivity index (χ4n) is 2.73. The Labute approximate surface area is 174 Å². The number of sulfonamides is 1. The summed E-state index contributed by atoms with van der Waals surface area (Å²) >= 11 is 5.88. The molecular weight excluding hydrogens is 412 g/mol. The van der Waals surface area contributed by atoms with Crippen LogP contribution in [0.2, 0.25) is 5.02 Å². The van der Waals surface area contributed by atoms with Crippen molar-refractivity contribution in [1.82, 2.24) is 9.71 Å². The number of hydrogen-bond acceptors (Lipinski definition) is 5. The van der Waals surface area contributed by atoms with Crippen LogP contribution < -0.4 is 9.46 Å². The summed E-state index contributed by atoms with van der Waals surface area (Å²) in [6, 6.07) is 16.4. The minimum Gasteiger partial charge on any atom is -0.438 e. The number of carbonyl (C=O) groups excluding carboxylic acids is 1.